The molecule has 1 aromatic rings. The van der Waals surface area contributed by atoms with E-state index in [4.69, 9.17) is 0 Å². The zero-order valence-corrected chi connectivity index (χ0v) is 14.8. The van der Waals surface area contributed by atoms with Gasteiger partial charge in [0.1, 0.15) is 6.04 Å². The van der Waals surface area contributed by atoms with Gasteiger partial charge >= 0.3 is 0 Å². The monoisotopic (exact) mass is 343 g/mol. The molecule has 2 rings (SSSR count). The maximum absolute atomic E-state index is 12.5. The Balaban J connectivity index is 2.20. The number of nitrogens with one attached hydrogen (secondary N) is 1. The Labute approximate surface area is 136 Å². The number of rotatable bonds is 4. The average molecular weight is 343 g/mol. The molecule has 0 spiro atoms. The highest BCUT2D eigenvalue weighted by Crippen LogP contribution is 2.27. The lowest BCUT2D eigenvalue weighted by Gasteiger charge is -2.25. The van der Waals surface area contributed by atoms with Crippen molar-refractivity contribution in [3.8, 4) is 0 Å². The molecule has 1 aliphatic heterocycles. The molecule has 1 amide bonds. The molecule has 1 atom stereocenters. The predicted octanol–water partition coefficient (Wildman–Crippen LogP) is 1.42. The topological polar surface area (TPSA) is 69.7 Å². The standard InChI is InChI=1S/C14H21N3O3S2/c1-10-6-5-7-12(11(10)2)15-14(18)13-8-21-9-17(13)22(19,20)16(3)4/h5-7,13H,8-9H2,1-4H3,(H,15,18). The van der Waals surface area contributed by atoms with E-state index in [-0.39, 0.29) is 5.91 Å². The normalized spacial score (nSPS) is 19.6. The number of benzene rings is 1. The fourth-order valence-electron chi connectivity index (χ4n) is 2.17. The summed E-state index contributed by atoms with van der Waals surface area (Å²) in [5, 5.41) is 2.86. The molecule has 1 heterocycles. The predicted molar refractivity (Wildman–Crippen MR) is 90.1 cm³/mol. The summed E-state index contributed by atoms with van der Waals surface area (Å²) in [6.07, 6.45) is 0. The van der Waals surface area contributed by atoms with Crippen LogP contribution < -0.4 is 5.32 Å². The van der Waals surface area contributed by atoms with Gasteiger partial charge in [-0.3, -0.25) is 4.79 Å². The Morgan fingerprint density at radius 3 is 2.68 bits per heavy atom. The van der Waals surface area contributed by atoms with Crippen LogP contribution >= 0.6 is 11.8 Å². The first-order valence-electron chi connectivity index (χ1n) is 6.89. The third-order valence-corrected chi connectivity index (χ3v) is 6.84. The van der Waals surface area contributed by atoms with E-state index in [0.717, 1.165) is 21.1 Å². The van der Waals surface area contributed by atoms with Gasteiger partial charge in [0.15, 0.2) is 0 Å². The van der Waals surface area contributed by atoms with E-state index in [0.29, 0.717) is 11.6 Å². The van der Waals surface area contributed by atoms with Gasteiger partial charge in [-0.25, -0.2) is 0 Å². The maximum Gasteiger partial charge on any atom is 0.282 e. The van der Waals surface area contributed by atoms with Gasteiger partial charge in [0, 0.05) is 25.5 Å². The van der Waals surface area contributed by atoms with Crippen molar-refractivity contribution in [1.29, 1.82) is 0 Å². The molecule has 0 bridgehead atoms. The fourth-order valence-corrected chi connectivity index (χ4v) is 4.96. The molecule has 0 aromatic heterocycles. The van der Waals surface area contributed by atoms with Gasteiger partial charge in [-0.05, 0) is 31.0 Å². The highest BCUT2D eigenvalue weighted by Gasteiger charge is 2.40. The van der Waals surface area contributed by atoms with Gasteiger partial charge in [0.05, 0.1) is 5.88 Å². The lowest BCUT2D eigenvalue weighted by molar-refractivity contribution is -0.118. The van der Waals surface area contributed by atoms with E-state index in [1.807, 2.05) is 32.0 Å². The quantitative estimate of drug-likeness (QED) is 0.898. The Hall–Kier alpha value is -1.09. The van der Waals surface area contributed by atoms with Crippen LogP contribution in [0, 0.1) is 13.8 Å². The van der Waals surface area contributed by atoms with E-state index in [2.05, 4.69) is 5.32 Å². The van der Waals surface area contributed by atoms with E-state index in [9.17, 15) is 13.2 Å². The summed E-state index contributed by atoms with van der Waals surface area (Å²) in [4.78, 5) is 12.5. The Kier molecular flexibility index (Phi) is 5.16. The molecule has 22 heavy (non-hydrogen) atoms. The second-order valence-electron chi connectivity index (χ2n) is 5.43. The SMILES string of the molecule is Cc1cccc(NC(=O)C2CSCN2S(=O)(=O)N(C)C)c1C. The van der Waals surface area contributed by atoms with Crippen LogP contribution in [0.2, 0.25) is 0 Å². The van der Waals surface area contributed by atoms with E-state index in [1.165, 1.54) is 30.2 Å². The second kappa shape index (κ2) is 6.57. The molecular formula is C14H21N3O3S2. The second-order valence-corrected chi connectivity index (χ2v) is 8.52. The van der Waals surface area contributed by atoms with Gasteiger partial charge in [-0.2, -0.15) is 17.0 Å². The molecule has 0 radical (unpaired) electrons. The van der Waals surface area contributed by atoms with Crippen molar-refractivity contribution in [2.45, 2.75) is 19.9 Å². The Bertz CT molecular complexity index is 674. The van der Waals surface area contributed by atoms with Crippen LogP contribution in [0.15, 0.2) is 18.2 Å². The van der Waals surface area contributed by atoms with Crippen LogP contribution in [0.4, 0.5) is 5.69 Å². The number of aryl methyl sites for hydroxylation is 1. The molecule has 0 saturated carbocycles. The summed E-state index contributed by atoms with van der Waals surface area (Å²) in [5.74, 6) is 0.471. The molecule has 1 aromatic carbocycles. The van der Waals surface area contributed by atoms with Crippen molar-refractivity contribution in [3.63, 3.8) is 0 Å². The molecule has 0 aliphatic carbocycles. The molecule has 1 fully saturated rings. The Morgan fingerprint density at radius 1 is 1.36 bits per heavy atom. The third kappa shape index (κ3) is 3.29. The highest BCUT2D eigenvalue weighted by atomic mass is 32.2. The molecule has 6 nitrogen and oxygen atoms in total. The number of thioether (sulfide) groups is 1. The number of nitrogens with zero attached hydrogens (tertiary/aromatic N) is 2. The Morgan fingerprint density at radius 2 is 2.05 bits per heavy atom. The molecule has 1 aliphatic rings. The zero-order valence-electron chi connectivity index (χ0n) is 13.2. The number of hydrogen-bond acceptors (Lipinski definition) is 4. The van der Waals surface area contributed by atoms with E-state index >= 15 is 0 Å². The largest absolute Gasteiger partial charge is 0.324 e. The minimum Gasteiger partial charge on any atom is -0.324 e. The molecule has 1 saturated heterocycles. The molecule has 1 N–H and O–H groups in total. The summed E-state index contributed by atoms with van der Waals surface area (Å²) in [6.45, 7) is 3.90. The number of anilines is 1. The summed E-state index contributed by atoms with van der Waals surface area (Å²) in [7, 11) is -0.656. The fraction of sp³-hybridized carbons (Fsp3) is 0.500. The number of amides is 1. The zero-order chi connectivity index (χ0) is 16.5. The van der Waals surface area contributed by atoms with Gasteiger partial charge in [0.25, 0.3) is 10.2 Å². The molecule has 122 valence electrons. The smallest absolute Gasteiger partial charge is 0.282 e. The third-order valence-electron chi connectivity index (χ3n) is 3.76. The summed E-state index contributed by atoms with van der Waals surface area (Å²) >= 11 is 1.44. The number of carbonyl (C=O) groups excluding carboxylic acids is 1. The summed E-state index contributed by atoms with van der Waals surface area (Å²) in [6, 6.07) is 4.99. The summed E-state index contributed by atoms with van der Waals surface area (Å²) < 4.78 is 26.9. The van der Waals surface area contributed by atoms with Crippen LogP contribution in [-0.2, 0) is 15.0 Å². The first-order valence-corrected chi connectivity index (χ1v) is 9.44. The van der Waals surface area contributed by atoms with Crippen molar-refractivity contribution in [2.24, 2.45) is 0 Å². The molecule has 1 unspecified atom stereocenters. The van der Waals surface area contributed by atoms with Gasteiger partial charge in [-0.15, -0.1) is 11.8 Å². The molecule has 8 heteroatoms. The van der Waals surface area contributed by atoms with Crippen molar-refractivity contribution < 1.29 is 13.2 Å². The lowest BCUT2D eigenvalue weighted by Crippen LogP contribution is -2.48. The highest BCUT2D eigenvalue weighted by molar-refractivity contribution is 8.00. The van der Waals surface area contributed by atoms with E-state index < -0.39 is 16.3 Å². The van der Waals surface area contributed by atoms with Crippen LogP contribution in [0.3, 0.4) is 0 Å². The van der Waals surface area contributed by atoms with Crippen molar-refractivity contribution in [1.82, 2.24) is 8.61 Å². The lowest BCUT2D eigenvalue weighted by atomic mass is 10.1. The van der Waals surface area contributed by atoms with Crippen molar-refractivity contribution >= 4 is 33.6 Å². The molecular weight excluding hydrogens is 322 g/mol. The van der Waals surface area contributed by atoms with Crippen LogP contribution in [0.5, 0.6) is 0 Å². The van der Waals surface area contributed by atoms with Crippen molar-refractivity contribution in [2.75, 3.05) is 31.0 Å². The number of hydrogen-bond donors (Lipinski definition) is 1. The van der Waals surface area contributed by atoms with Gasteiger partial charge in [-0.1, -0.05) is 12.1 Å². The van der Waals surface area contributed by atoms with E-state index in [1.54, 1.807) is 0 Å². The van der Waals surface area contributed by atoms with Gasteiger partial charge < -0.3 is 5.32 Å². The maximum atomic E-state index is 12.5. The van der Waals surface area contributed by atoms with Crippen molar-refractivity contribution in [3.05, 3.63) is 29.3 Å². The minimum atomic E-state index is -3.60. The minimum absolute atomic E-state index is 0.288. The number of carbonyl (C=O) groups is 1. The van der Waals surface area contributed by atoms with Crippen LogP contribution in [0.25, 0.3) is 0 Å². The van der Waals surface area contributed by atoms with Gasteiger partial charge in [0.2, 0.25) is 5.91 Å². The first-order chi connectivity index (χ1) is 10.2. The average Bonchev–Trinajstić information content (AvgIpc) is 2.93. The first kappa shape index (κ1) is 17.3. The summed E-state index contributed by atoms with van der Waals surface area (Å²) in [5.41, 5.74) is 2.80. The van der Waals surface area contributed by atoms with Crippen LogP contribution in [-0.4, -0.2) is 54.7 Å². The van der Waals surface area contributed by atoms with Crippen LogP contribution in [0.1, 0.15) is 11.1 Å².